The van der Waals surface area contributed by atoms with Gasteiger partial charge in [0.2, 0.25) is 0 Å². The standard InChI is InChI=1S/C18H20N2O3S2/c1-3-23-17(22)16-14(21)10-24-18(25-16)15-12(2)20(11-19-15)9-13-7-5-4-6-8-13/h4-8,11,16,18H,3,9-10H2,1-2H3. The SMILES string of the molecule is CCOC(=O)C1SC(c2ncn(Cc3ccccc3)c2C)SCC1=O. The predicted molar refractivity (Wildman–Crippen MR) is 101 cm³/mol. The molecule has 1 aliphatic heterocycles. The van der Waals surface area contributed by atoms with Gasteiger partial charge in [-0.2, -0.15) is 0 Å². The lowest BCUT2D eigenvalue weighted by atomic mass is 10.2. The maximum atomic E-state index is 12.1. The molecule has 0 N–H and O–H groups in total. The van der Waals surface area contributed by atoms with Crippen LogP contribution in [-0.2, 0) is 20.9 Å². The minimum atomic E-state index is -0.745. The summed E-state index contributed by atoms with van der Waals surface area (Å²) in [6.45, 7) is 4.81. The number of Topliss-reactive ketones (excluding diaryl/α,β-unsaturated/α-hetero) is 1. The van der Waals surface area contributed by atoms with Crippen LogP contribution in [0.4, 0.5) is 0 Å². The number of nitrogens with zero attached hydrogens (tertiary/aromatic N) is 2. The Kier molecular flexibility index (Phi) is 5.86. The number of aromatic nitrogens is 2. The molecule has 0 bridgehead atoms. The molecule has 1 aromatic carbocycles. The van der Waals surface area contributed by atoms with Crippen molar-refractivity contribution in [2.24, 2.45) is 0 Å². The summed E-state index contributed by atoms with van der Waals surface area (Å²) in [5.74, 6) is -0.207. The van der Waals surface area contributed by atoms with Crippen molar-refractivity contribution in [3.05, 3.63) is 53.6 Å². The van der Waals surface area contributed by atoms with Crippen LogP contribution >= 0.6 is 23.5 Å². The molecule has 1 saturated heterocycles. The highest BCUT2D eigenvalue weighted by Gasteiger charge is 2.38. The molecule has 2 atom stereocenters. The van der Waals surface area contributed by atoms with E-state index in [1.54, 1.807) is 6.92 Å². The zero-order valence-electron chi connectivity index (χ0n) is 14.2. The first kappa shape index (κ1) is 18.1. The van der Waals surface area contributed by atoms with E-state index in [9.17, 15) is 9.59 Å². The molecule has 3 rings (SSSR count). The molecule has 2 aromatic rings. The van der Waals surface area contributed by atoms with Gasteiger partial charge in [-0.25, -0.2) is 4.98 Å². The van der Waals surface area contributed by atoms with Crippen LogP contribution in [0, 0.1) is 6.92 Å². The summed E-state index contributed by atoms with van der Waals surface area (Å²) in [6.07, 6.45) is 1.83. The van der Waals surface area contributed by atoms with Crippen molar-refractivity contribution in [1.29, 1.82) is 0 Å². The Hall–Kier alpha value is -1.73. The number of thioether (sulfide) groups is 2. The molecule has 0 radical (unpaired) electrons. The first-order valence-corrected chi connectivity index (χ1v) is 10.1. The predicted octanol–water partition coefficient (Wildman–Crippen LogP) is 3.22. The van der Waals surface area contributed by atoms with Crippen LogP contribution < -0.4 is 0 Å². The normalized spacial score (nSPS) is 20.5. The first-order valence-electron chi connectivity index (χ1n) is 8.12. The highest BCUT2D eigenvalue weighted by molar-refractivity contribution is 8.18. The maximum absolute atomic E-state index is 12.1. The number of ketones is 1. The number of imidazole rings is 1. The molecule has 132 valence electrons. The van der Waals surface area contributed by atoms with Crippen LogP contribution in [0.15, 0.2) is 36.7 Å². The van der Waals surface area contributed by atoms with E-state index in [1.165, 1.54) is 29.1 Å². The average Bonchev–Trinajstić information content (AvgIpc) is 2.97. The van der Waals surface area contributed by atoms with E-state index in [2.05, 4.69) is 21.7 Å². The smallest absolute Gasteiger partial charge is 0.326 e. The molecule has 1 aliphatic rings. The van der Waals surface area contributed by atoms with Gasteiger partial charge < -0.3 is 9.30 Å². The number of ether oxygens (including phenoxy) is 1. The molecule has 1 fully saturated rings. The lowest BCUT2D eigenvalue weighted by Gasteiger charge is -2.25. The molecule has 0 amide bonds. The number of carbonyl (C=O) groups excluding carboxylic acids is 2. The molecule has 0 aliphatic carbocycles. The van der Waals surface area contributed by atoms with Crippen LogP contribution in [0.2, 0.25) is 0 Å². The third-order valence-electron chi connectivity index (χ3n) is 3.99. The van der Waals surface area contributed by atoms with E-state index in [1.807, 2.05) is 31.5 Å². The van der Waals surface area contributed by atoms with Gasteiger partial charge in [-0.05, 0) is 19.4 Å². The van der Waals surface area contributed by atoms with Gasteiger partial charge in [0, 0.05) is 12.2 Å². The highest BCUT2D eigenvalue weighted by Crippen LogP contribution is 2.46. The quantitative estimate of drug-likeness (QED) is 0.590. The Morgan fingerprint density at radius 1 is 1.36 bits per heavy atom. The first-order chi connectivity index (χ1) is 12.1. The number of esters is 1. The van der Waals surface area contributed by atoms with Gasteiger partial charge in [-0.15, -0.1) is 23.5 Å². The Bertz CT molecular complexity index is 761. The molecule has 2 unspecified atom stereocenters. The zero-order valence-corrected chi connectivity index (χ0v) is 15.8. The van der Waals surface area contributed by atoms with Crippen molar-refractivity contribution in [2.45, 2.75) is 30.2 Å². The average molecular weight is 377 g/mol. The largest absolute Gasteiger partial charge is 0.465 e. The number of hydrogen-bond donors (Lipinski definition) is 0. The second-order valence-electron chi connectivity index (χ2n) is 5.71. The summed E-state index contributed by atoms with van der Waals surface area (Å²) >= 11 is 2.86. The van der Waals surface area contributed by atoms with E-state index >= 15 is 0 Å². The molecule has 0 spiro atoms. The van der Waals surface area contributed by atoms with Gasteiger partial charge in [0.05, 0.1) is 29.0 Å². The fourth-order valence-corrected chi connectivity index (χ4v) is 5.50. The summed E-state index contributed by atoms with van der Waals surface area (Å²) < 4.78 is 7.10. The van der Waals surface area contributed by atoms with Crippen LogP contribution in [0.5, 0.6) is 0 Å². The van der Waals surface area contributed by atoms with Crippen LogP contribution in [0.3, 0.4) is 0 Å². The fourth-order valence-electron chi connectivity index (χ4n) is 2.65. The van der Waals surface area contributed by atoms with Crippen molar-refractivity contribution in [3.63, 3.8) is 0 Å². The van der Waals surface area contributed by atoms with Gasteiger partial charge in [0.15, 0.2) is 11.0 Å². The van der Waals surface area contributed by atoms with Gasteiger partial charge in [0.1, 0.15) is 0 Å². The van der Waals surface area contributed by atoms with E-state index in [-0.39, 0.29) is 17.0 Å². The minimum absolute atomic E-state index is 0.0378. The number of hydrogen-bond acceptors (Lipinski definition) is 6. The maximum Gasteiger partial charge on any atom is 0.326 e. The van der Waals surface area contributed by atoms with Gasteiger partial charge in [0.25, 0.3) is 0 Å². The van der Waals surface area contributed by atoms with Crippen LogP contribution in [0.25, 0.3) is 0 Å². The van der Waals surface area contributed by atoms with E-state index in [0.717, 1.165) is 17.9 Å². The lowest BCUT2D eigenvalue weighted by molar-refractivity contribution is -0.144. The van der Waals surface area contributed by atoms with Crippen molar-refractivity contribution in [1.82, 2.24) is 9.55 Å². The van der Waals surface area contributed by atoms with Crippen LogP contribution in [0.1, 0.15) is 28.5 Å². The number of rotatable bonds is 5. The van der Waals surface area contributed by atoms with Crippen LogP contribution in [-0.4, -0.2) is 38.9 Å². The Labute approximate surface area is 155 Å². The monoisotopic (exact) mass is 376 g/mol. The van der Waals surface area contributed by atoms with E-state index in [4.69, 9.17) is 4.74 Å². The van der Waals surface area contributed by atoms with Crippen molar-refractivity contribution >= 4 is 35.3 Å². The second kappa shape index (κ2) is 8.10. The van der Waals surface area contributed by atoms with Crippen molar-refractivity contribution < 1.29 is 14.3 Å². The Balaban J connectivity index is 1.75. The molecule has 1 aromatic heterocycles. The van der Waals surface area contributed by atoms with E-state index < -0.39 is 11.2 Å². The number of benzene rings is 1. The summed E-state index contributed by atoms with van der Waals surface area (Å²) in [5.41, 5.74) is 3.19. The number of carbonyl (C=O) groups is 2. The fraction of sp³-hybridized carbons (Fsp3) is 0.389. The van der Waals surface area contributed by atoms with E-state index in [0.29, 0.717) is 5.75 Å². The Morgan fingerprint density at radius 2 is 2.12 bits per heavy atom. The second-order valence-corrected chi connectivity index (χ2v) is 8.31. The third kappa shape index (κ3) is 4.10. The molecule has 5 nitrogen and oxygen atoms in total. The Morgan fingerprint density at radius 3 is 2.84 bits per heavy atom. The lowest BCUT2D eigenvalue weighted by Crippen LogP contribution is -2.34. The summed E-state index contributed by atoms with van der Waals surface area (Å²) in [5, 5.41) is -0.745. The molecule has 7 heteroatoms. The molecular formula is C18H20N2O3S2. The molecule has 25 heavy (non-hydrogen) atoms. The summed E-state index contributed by atoms with van der Waals surface area (Å²) in [4.78, 5) is 28.6. The topological polar surface area (TPSA) is 61.2 Å². The molecule has 0 saturated carbocycles. The highest BCUT2D eigenvalue weighted by atomic mass is 32.2. The van der Waals surface area contributed by atoms with Crippen molar-refractivity contribution in [3.8, 4) is 0 Å². The van der Waals surface area contributed by atoms with Gasteiger partial charge in [-0.1, -0.05) is 30.3 Å². The van der Waals surface area contributed by atoms with Crippen molar-refractivity contribution in [2.75, 3.05) is 12.4 Å². The summed E-state index contributed by atoms with van der Waals surface area (Å²) in [6, 6.07) is 10.2. The minimum Gasteiger partial charge on any atom is -0.465 e. The summed E-state index contributed by atoms with van der Waals surface area (Å²) in [7, 11) is 0. The third-order valence-corrected chi connectivity index (χ3v) is 6.90. The van der Waals surface area contributed by atoms with Gasteiger partial charge in [-0.3, -0.25) is 9.59 Å². The zero-order chi connectivity index (χ0) is 17.8. The van der Waals surface area contributed by atoms with Gasteiger partial charge >= 0.3 is 5.97 Å². The molecular weight excluding hydrogens is 356 g/mol. The molecule has 2 heterocycles.